The van der Waals surface area contributed by atoms with Gasteiger partial charge in [-0.2, -0.15) is 5.10 Å². The van der Waals surface area contributed by atoms with Gasteiger partial charge in [0.2, 0.25) is 0 Å². The van der Waals surface area contributed by atoms with Gasteiger partial charge in [-0.15, -0.1) is 0 Å². The lowest BCUT2D eigenvalue weighted by Crippen LogP contribution is -2.17. The minimum atomic E-state index is -0.289. The zero-order valence-electron chi connectivity index (χ0n) is 15.3. The third-order valence-electron chi connectivity index (χ3n) is 3.77. The number of hydrogen-bond acceptors (Lipinski definition) is 5. The number of hydrogen-bond donors (Lipinski definition) is 1. The number of hydrazone groups is 1. The maximum Gasteiger partial charge on any atom is 0.271 e. The number of rotatable bonds is 10. The molecule has 0 saturated heterocycles. The number of carbonyl (C=O) groups is 1. The summed E-state index contributed by atoms with van der Waals surface area (Å²) >= 11 is 0. The first-order chi connectivity index (χ1) is 12.7. The Hall–Kier alpha value is -2.89. The van der Waals surface area contributed by atoms with Gasteiger partial charge in [0.05, 0.1) is 19.9 Å². The molecule has 0 unspecified atom stereocenters. The summed E-state index contributed by atoms with van der Waals surface area (Å²) in [6.45, 7) is 2.86. The second-order valence-corrected chi connectivity index (χ2v) is 5.75. The molecule has 1 amide bonds. The molecular weight excluding hydrogens is 330 g/mol. The van der Waals surface area contributed by atoms with Crippen molar-refractivity contribution in [3.63, 3.8) is 0 Å². The highest BCUT2D eigenvalue weighted by atomic mass is 16.5. The van der Waals surface area contributed by atoms with Crippen molar-refractivity contribution in [3.05, 3.63) is 53.9 Å². The van der Waals surface area contributed by atoms with E-state index in [2.05, 4.69) is 22.4 Å². The van der Waals surface area contributed by atoms with Crippen LogP contribution in [0.25, 0.3) is 0 Å². The van der Waals surface area contributed by atoms with E-state index in [1.54, 1.807) is 37.9 Å². The van der Waals surface area contributed by atoms with Crippen LogP contribution in [0.3, 0.4) is 0 Å². The van der Waals surface area contributed by atoms with Crippen molar-refractivity contribution >= 4 is 12.1 Å². The number of aromatic nitrogens is 1. The first kappa shape index (κ1) is 19.4. The maximum absolute atomic E-state index is 11.9. The molecule has 0 atom stereocenters. The lowest BCUT2D eigenvalue weighted by atomic mass is 10.2. The summed E-state index contributed by atoms with van der Waals surface area (Å²) in [5.74, 6) is 1.06. The molecule has 138 valence electrons. The molecule has 0 radical (unpaired) electrons. The van der Waals surface area contributed by atoms with E-state index >= 15 is 0 Å². The molecule has 2 rings (SSSR count). The van der Waals surface area contributed by atoms with E-state index in [1.807, 2.05) is 18.2 Å². The average molecular weight is 355 g/mol. The van der Waals surface area contributed by atoms with Crippen LogP contribution in [0.15, 0.2) is 47.8 Å². The minimum absolute atomic E-state index is 0.289. The fourth-order valence-corrected chi connectivity index (χ4v) is 2.33. The largest absolute Gasteiger partial charge is 0.493 e. The van der Waals surface area contributed by atoms with Gasteiger partial charge >= 0.3 is 0 Å². The fraction of sp³-hybridized carbons (Fsp3) is 0.350. The van der Waals surface area contributed by atoms with Crippen LogP contribution in [0.4, 0.5) is 0 Å². The predicted molar refractivity (Wildman–Crippen MR) is 102 cm³/mol. The SMILES string of the molecule is CCCCCCOc1ccc(/C=N\NC(=O)c2ccncc2)cc1OC. The van der Waals surface area contributed by atoms with E-state index < -0.39 is 0 Å². The number of carbonyl (C=O) groups excluding carboxylic acids is 1. The standard InChI is InChI=1S/C20H25N3O3/c1-3-4-5-6-13-26-18-8-7-16(14-19(18)25-2)15-22-23-20(24)17-9-11-21-12-10-17/h7-12,14-15H,3-6,13H2,1-2H3,(H,23,24)/b22-15-. The molecule has 0 aliphatic carbocycles. The third kappa shape index (κ3) is 6.20. The van der Waals surface area contributed by atoms with Crippen LogP contribution in [0.2, 0.25) is 0 Å². The average Bonchev–Trinajstić information content (AvgIpc) is 2.69. The lowest BCUT2D eigenvalue weighted by Gasteiger charge is -2.11. The van der Waals surface area contributed by atoms with Crippen LogP contribution in [-0.4, -0.2) is 30.8 Å². The summed E-state index contributed by atoms with van der Waals surface area (Å²) in [5.41, 5.74) is 3.79. The second kappa shape index (κ2) is 10.9. The van der Waals surface area contributed by atoms with E-state index in [4.69, 9.17) is 9.47 Å². The van der Waals surface area contributed by atoms with Gasteiger partial charge in [-0.05, 0) is 42.3 Å². The van der Waals surface area contributed by atoms with Gasteiger partial charge in [-0.25, -0.2) is 5.43 Å². The fourth-order valence-electron chi connectivity index (χ4n) is 2.33. The number of amides is 1. The molecular formula is C20H25N3O3. The second-order valence-electron chi connectivity index (χ2n) is 5.75. The van der Waals surface area contributed by atoms with Crippen molar-refractivity contribution in [3.8, 4) is 11.5 Å². The molecule has 1 heterocycles. The Morgan fingerprint density at radius 1 is 1.15 bits per heavy atom. The van der Waals surface area contributed by atoms with E-state index in [1.165, 1.54) is 19.3 Å². The number of benzene rings is 1. The Morgan fingerprint density at radius 3 is 2.69 bits per heavy atom. The number of nitrogens with one attached hydrogen (secondary N) is 1. The molecule has 6 nitrogen and oxygen atoms in total. The number of unbranched alkanes of at least 4 members (excludes halogenated alkanes) is 3. The molecule has 1 N–H and O–H groups in total. The Labute approximate surface area is 154 Å². The molecule has 0 saturated carbocycles. The Kier molecular flexibility index (Phi) is 8.12. The van der Waals surface area contributed by atoms with Crippen molar-refractivity contribution in [1.82, 2.24) is 10.4 Å². The summed E-state index contributed by atoms with van der Waals surface area (Å²) in [7, 11) is 1.60. The number of pyridine rings is 1. The van der Waals surface area contributed by atoms with Crippen LogP contribution >= 0.6 is 0 Å². The van der Waals surface area contributed by atoms with Crippen molar-refractivity contribution in [2.45, 2.75) is 32.6 Å². The molecule has 0 spiro atoms. The van der Waals surface area contributed by atoms with E-state index in [9.17, 15) is 4.79 Å². The summed E-state index contributed by atoms with van der Waals surface area (Å²) < 4.78 is 11.2. The van der Waals surface area contributed by atoms with Crippen LogP contribution in [0.5, 0.6) is 11.5 Å². The molecule has 0 aliphatic rings. The van der Waals surface area contributed by atoms with Crippen molar-refractivity contribution < 1.29 is 14.3 Å². The molecule has 0 fully saturated rings. The van der Waals surface area contributed by atoms with Crippen molar-refractivity contribution in [2.24, 2.45) is 5.10 Å². The highest BCUT2D eigenvalue weighted by Crippen LogP contribution is 2.27. The molecule has 6 heteroatoms. The van der Waals surface area contributed by atoms with Gasteiger partial charge in [0, 0.05) is 18.0 Å². The number of ether oxygens (including phenoxy) is 2. The highest BCUT2D eigenvalue weighted by molar-refractivity contribution is 5.94. The molecule has 1 aromatic carbocycles. The van der Waals surface area contributed by atoms with Gasteiger partial charge in [0.25, 0.3) is 5.91 Å². The van der Waals surface area contributed by atoms with Gasteiger partial charge in [-0.3, -0.25) is 9.78 Å². The number of nitrogens with zero attached hydrogens (tertiary/aromatic N) is 2. The molecule has 0 bridgehead atoms. The van der Waals surface area contributed by atoms with Crippen molar-refractivity contribution in [1.29, 1.82) is 0 Å². The first-order valence-corrected chi connectivity index (χ1v) is 8.79. The monoisotopic (exact) mass is 355 g/mol. The van der Waals surface area contributed by atoms with Gasteiger partial charge in [0.15, 0.2) is 11.5 Å². The first-order valence-electron chi connectivity index (χ1n) is 8.79. The lowest BCUT2D eigenvalue weighted by molar-refractivity contribution is 0.0955. The minimum Gasteiger partial charge on any atom is -0.493 e. The third-order valence-corrected chi connectivity index (χ3v) is 3.77. The molecule has 2 aromatic rings. The summed E-state index contributed by atoms with van der Waals surface area (Å²) in [6.07, 6.45) is 9.31. The van der Waals surface area contributed by atoms with E-state index in [0.717, 1.165) is 12.0 Å². The van der Waals surface area contributed by atoms with E-state index in [0.29, 0.717) is 23.7 Å². The smallest absolute Gasteiger partial charge is 0.271 e. The van der Waals surface area contributed by atoms with Crippen LogP contribution < -0.4 is 14.9 Å². The molecule has 1 aromatic heterocycles. The predicted octanol–water partition coefficient (Wildman–Crippen LogP) is 3.81. The highest BCUT2D eigenvalue weighted by Gasteiger charge is 2.06. The quantitative estimate of drug-likeness (QED) is 0.399. The van der Waals surface area contributed by atoms with Gasteiger partial charge in [0.1, 0.15) is 0 Å². The Balaban J connectivity index is 1.90. The van der Waals surface area contributed by atoms with Crippen LogP contribution in [0.1, 0.15) is 48.5 Å². The number of methoxy groups -OCH3 is 1. The summed E-state index contributed by atoms with van der Waals surface area (Å²) in [4.78, 5) is 15.8. The topological polar surface area (TPSA) is 72.8 Å². The summed E-state index contributed by atoms with van der Waals surface area (Å²) in [6, 6.07) is 8.79. The van der Waals surface area contributed by atoms with Crippen molar-refractivity contribution in [2.75, 3.05) is 13.7 Å². The zero-order valence-corrected chi connectivity index (χ0v) is 15.3. The summed E-state index contributed by atoms with van der Waals surface area (Å²) in [5, 5.41) is 3.98. The van der Waals surface area contributed by atoms with Gasteiger partial charge < -0.3 is 9.47 Å². The van der Waals surface area contributed by atoms with Crippen LogP contribution in [-0.2, 0) is 0 Å². The van der Waals surface area contributed by atoms with Gasteiger partial charge in [-0.1, -0.05) is 26.2 Å². The zero-order chi connectivity index (χ0) is 18.6. The molecule has 0 aliphatic heterocycles. The van der Waals surface area contributed by atoms with Crippen LogP contribution in [0, 0.1) is 0 Å². The Morgan fingerprint density at radius 2 is 1.96 bits per heavy atom. The maximum atomic E-state index is 11.9. The molecule has 26 heavy (non-hydrogen) atoms. The Bertz CT molecular complexity index is 717. The van der Waals surface area contributed by atoms with E-state index in [-0.39, 0.29) is 5.91 Å². The normalized spacial score (nSPS) is 10.7.